The van der Waals surface area contributed by atoms with Gasteiger partial charge < -0.3 is 0 Å². The van der Waals surface area contributed by atoms with E-state index in [0.717, 1.165) is 17.1 Å². The van der Waals surface area contributed by atoms with E-state index in [9.17, 15) is 0 Å². The molecular weight excluding hydrogens is 257 g/mol. The Bertz CT molecular complexity index is 547. The van der Waals surface area contributed by atoms with Crippen LogP contribution in [0.3, 0.4) is 0 Å². The highest BCUT2D eigenvalue weighted by molar-refractivity contribution is 6.33. The average molecular weight is 270 g/mol. The van der Waals surface area contributed by atoms with E-state index in [1.165, 1.54) is 0 Å². The molecule has 5 heteroatoms. The lowest BCUT2D eigenvalue weighted by Gasteiger charge is -2.12. The van der Waals surface area contributed by atoms with E-state index in [0.29, 0.717) is 10.3 Å². The molecule has 0 fully saturated rings. The Morgan fingerprint density at radius 3 is 2.53 bits per heavy atom. The predicted octanol–water partition coefficient (Wildman–Crippen LogP) is 4.01. The summed E-state index contributed by atoms with van der Waals surface area (Å²) in [6.45, 7) is 6.09. The SMILES string of the molecule is Cc1ccc(Cl)c(-n2c(Cl)nnc2C(C)C)c1. The number of nitrogens with zero attached hydrogens (tertiary/aromatic N) is 3. The monoisotopic (exact) mass is 269 g/mol. The third kappa shape index (κ3) is 2.31. The van der Waals surface area contributed by atoms with Crippen molar-refractivity contribution < 1.29 is 0 Å². The first-order valence-corrected chi connectivity index (χ1v) is 6.13. The van der Waals surface area contributed by atoms with Crippen molar-refractivity contribution in [2.24, 2.45) is 0 Å². The van der Waals surface area contributed by atoms with Gasteiger partial charge in [0.15, 0.2) is 0 Å². The summed E-state index contributed by atoms with van der Waals surface area (Å²) in [4.78, 5) is 0. The van der Waals surface area contributed by atoms with E-state index in [-0.39, 0.29) is 5.92 Å². The summed E-state index contributed by atoms with van der Waals surface area (Å²) in [7, 11) is 0. The molecule has 90 valence electrons. The van der Waals surface area contributed by atoms with Gasteiger partial charge in [-0.2, -0.15) is 0 Å². The first-order chi connectivity index (χ1) is 8.00. The second-order valence-electron chi connectivity index (χ2n) is 4.27. The van der Waals surface area contributed by atoms with Gasteiger partial charge in [-0.15, -0.1) is 10.2 Å². The standard InChI is InChI=1S/C12H13Cl2N3/c1-7(2)11-15-16-12(14)17(11)10-6-8(3)4-5-9(10)13/h4-7H,1-3H3. The molecule has 0 amide bonds. The Kier molecular flexibility index (Phi) is 3.40. The van der Waals surface area contributed by atoms with E-state index in [2.05, 4.69) is 10.2 Å². The topological polar surface area (TPSA) is 30.7 Å². The molecule has 2 rings (SSSR count). The molecule has 0 N–H and O–H groups in total. The first kappa shape index (κ1) is 12.4. The molecule has 3 nitrogen and oxygen atoms in total. The van der Waals surface area contributed by atoms with E-state index in [1.54, 1.807) is 4.57 Å². The number of aromatic nitrogens is 3. The van der Waals surface area contributed by atoms with Crippen LogP contribution in [-0.2, 0) is 0 Å². The average Bonchev–Trinajstić information content (AvgIpc) is 2.64. The van der Waals surface area contributed by atoms with Crippen molar-refractivity contribution in [1.29, 1.82) is 0 Å². The zero-order valence-corrected chi connectivity index (χ0v) is 11.4. The van der Waals surface area contributed by atoms with Gasteiger partial charge in [0.2, 0.25) is 5.28 Å². The normalized spacial score (nSPS) is 11.2. The van der Waals surface area contributed by atoms with Gasteiger partial charge in [-0.1, -0.05) is 31.5 Å². The molecule has 2 aromatic rings. The summed E-state index contributed by atoms with van der Waals surface area (Å²) < 4.78 is 1.79. The fraction of sp³-hybridized carbons (Fsp3) is 0.333. The third-order valence-corrected chi connectivity index (χ3v) is 3.07. The fourth-order valence-electron chi connectivity index (χ4n) is 1.67. The Hall–Kier alpha value is -1.06. The van der Waals surface area contributed by atoms with Crippen LogP contribution in [-0.4, -0.2) is 14.8 Å². The van der Waals surface area contributed by atoms with Gasteiger partial charge >= 0.3 is 0 Å². The Morgan fingerprint density at radius 2 is 1.88 bits per heavy atom. The lowest BCUT2D eigenvalue weighted by molar-refractivity contribution is 0.745. The van der Waals surface area contributed by atoms with E-state index in [1.807, 2.05) is 39.0 Å². The molecule has 0 unspecified atom stereocenters. The maximum atomic E-state index is 6.20. The Morgan fingerprint density at radius 1 is 1.18 bits per heavy atom. The third-order valence-electron chi connectivity index (χ3n) is 2.51. The highest BCUT2D eigenvalue weighted by Gasteiger charge is 2.17. The summed E-state index contributed by atoms with van der Waals surface area (Å²) in [6, 6.07) is 5.79. The molecule has 1 heterocycles. The largest absolute Gasteiger partial charge is 0.268 e. The van der Waals surface area contributed by atoms with Crippen LogP contribution in [0, 0.1) is 6.92 Å². The molecule has 0 spiro atoms. The number of benzene rings is 1. The maximum absolute atomic E-state index is 6.20. The van der Waals surface area contributed by atoms with Gasteiger partial charge in [0.05, 0.1) is 10.7 Å². The number of aryl methyl sites for hydroxylation is 1. The van der Waals surface area contributed by atoms with Gasteiger partial charge in [0.25, 0.3) is 0 Å². The van der Waals surface area contributed by atoms with Crippen molar-refractivity contribution in [2.75, 3.05) is 0 Å². The van der Waals surface area contributed by atoms with Crippen LogP contribution in [0.25, 0.3) is 5.69 Å². The van der Waals surface area contributed by atoms with Crippen LogP contribution in [0.5, 0.6) is 0 Å². The Labute approximate surface area is 110 Å². The lowest BCUT2D eigenvalue weighted by Crippen LogP contribution is -2.04. The lowest BCUT2D eigenvalue weighted by atomic mass is 10.2. The number of halogens is 2. The summed E-state index contributed by atoms with van der Waals surface area (Å²) in [5.74, 6) is 1.04. The second kappa shape index (κ2) is 4.67. The first-order valence-electron chi connectivity index (χ1n) is 5.38. The maximum Gasteiger partial charge on any atom is 0.229 e. The van der Waals surface area contributed by atoms with E-state index in [4.69, 9.17) is 23.2 Å². The molecule has 17 heavy (non-hydrogen) atoms. The second-order valence-corrected chi connectivity index (χ2v) is 5.02. The molecule has 0 atom stereocenters. The highest BCUT2D eigenvalue weighted by atomic mass is 35.5. The minimum absolute atomic E-state index is 0.228. The van der Waals surface area contributed by atoms with Crippen LogP contribution in [0.15, 0.2) is 18.2 Å². The quantitative estimate of drug-likeness (QED) is 0.825. The van der Waals surface area contributed by atoms with E-state index >= 15 is 0 Å². The number of hydrogen-bond acceptors (Lipinski definition) is 2. The molecule has 0 radical (unpaired) electrons. The molecule has 0 aliphatic carbocycles. The highest BCUT2D eigenvalue weighted by Crippen LogP contribution is 2.28. The smallest absolute Gasteiger partial charge is 0.229 e. The summed E-state index contributed by atoms with van der Waals surface area (Å²) in [6.07, 6.45) is 0. The zero-order valence-electron chi connectivity index (χ0n) is 9.91. The van der Waals surface area contributed by atoms with Crippen molar-refractivity contribution in [3.8, 4) is 5.69 Å². The van der Waals surface area contributed by atoms with Crippen LogP contribution < -0.4 is 0 Å². The van der Waals surface area contributed by atoms with Gasteiger partial charge in [-0.25, -0.2) is 0 Å². The number of hydrogen-bond donors (Lipinski definition) is 0. The minimum Gasteiger partial charge on any atom is -0.268 e. The number of rotatable bonds is 2. The van der Waals surface area contributed by atoms with Crippen molar-refractivity contribution in [3.05, 3.63) is 39.9 Å². The zero-order chi connectivity index (χ0) is 12.6. The van der Waals surface area contributed by atoms with Crippen molar-refractivity contribution >= 4 is 23.2 Å². The molecule has 0 aliphatic rings. The summed E-state index contributed by atoms with van der Waals surface area (Å²) >= 11 is 12.3. The van der Waals surface area contributed by atoms with E-state index < -0.39 is 0 Å². The van der Waals surface area contributed by atoms with Crippen molar-refractivity contribution in [3.63, 3.8) is 0 Å². The molecule has 1 aromatic heterocycles. The van der Waals surface area contributed by atoms with Crippen LogP contribution in [0.1, 0.15) is 31.2 Å². The van der Waals surface area contributed by atoms with Gasteiger partial charge in [-0.3, -0.25) is 4.57 Å². The van der Waals surface area contributed by atoms with Crippen molar-refractivity contribution in [1.82, 2.24) is 14.8 Å². The molecule has 1 aromatic carbocycles. The molecule has 0 saturated heterocycles. The van der Waals surface area contributed by atoms with Gasteiger partial charge in [0.1, 0.15) is 5.82 Å². The molecular formula is C12H13Cl2N3. The predicted molar refractivity (Wildman–Crippen MR) is 70.2 cm³/mol. The fourth-order valence-corrected chi connectivity index (χ4v) is 2.08. The summed E-state index contributed by atoms with van der Waals surface area (Å²) in [5.41, 5.74) is 1.94. The van der Waals surface area contributed by atoms with Crippen LogP contribution in [0.2, 0.25) is 10.3 Å². The van der Waals surface area contributed by atoms with Crippen molar-refractivity contribution in [2.45, 2.75) is 26.7 Å². The molecule has 0 saturated carbocycles. The summed E-state index contributed by atoms with van der Waals surface area (Å²) in [5, 5.41) is 8.96. The molecule has 0 aliphatic heterocycles. The van der Waals surface area contributed by atoms with Crippen LogP contribution >= 0.6 is 23.2 Å². The van der Waals surface area contributed by atoms with Gasteiger partial charge in [0, 0.05) is 5.92 Å². The molecule has 0 bridgehead atoms. The van der Waals surface area contributed by atoms with Crippen LogP contribution in [0.4, 0.5) is 0 Å². The van der Waals surface area contributed by atoms with Gasteiger partial charge in [-0.05, 0) is 36.2 Å². The minimum atomic E-state index is 0.228. The Balaban J connectivity index is 2.67.